The van der Waals surface area contributed by atoms with Crippen LogP contribution >= 0.6 is 0 Å². The van der Waals surface area contributed by atoms with Crippen molar-refractivity contribution in [1.29, 1.82) is 0 Å². The average molecular weight is 219 g/mol. The summed E-state index contributed by atoms with van der Waals surface area (Å²) in [4.78, 5) is 0. The van der Waals surface area contributed by atoms with Gasteiger partial charge >= 0.3 is 0 Å². The van der Waals surface area contributed by atoms with Crippen LogP contribution in [0.2, 0.25) is 0 Å². The summed E-state index contributed by atoms with van der Waals surface area (Å²) >= 11 is 0. The fourth-order valence-corrected chi connectivity index (χ4v) is 1.51. The van der Waals surface area contributed by atoms with Crippen molar-refractivity contribution in [2.45, 2.75) is 26.9 Å². The lowest BCUT2D eigenvalue weighted by Gasteiger charge is -1.99. The van der Waals surface area contributed by atoms with E-state index in [1.165, 1.54) is 5.56 Å². The van der Waals surface area contributed by atoms with Gasteiger partial charge in [0.25, 0.3) is 0 Å². The summed E-state index contributed by atoms with van der Waals surface area (Å²) in [5.74, 6) is 0.907. The van der Waals surface area contributed by atoms with Crippen molar-refractivity contribution in [1.82, 2.24) is 19.6 Å². The highest BCUT2D eigenvalue weighted by atomic mass is 15.3. The summed E-state index contributed by atoms with van der Waals surface area (Å²) < 4.78 is 3.78. The van der Waals surface area contributed by atoms with Crippen LogP contribution in [0.25, 0.3) is 0 Å². The maximum atomic E-state index is 4.33. The predicted octanol–water partition coefficient (Wildman–Crippen LogP) is 1.56. The number of hydrogen-bond donors (Lipinski definition) is 1. The van der Waals surface area contributed by atoms with E-state index in [1.54, 1.807) is 0 Å². The molecular formula is C11H17N5. The molecule has 0 aliphatic carbocycles. The van der Waals surface area contributed by atoms with Gasteiger partial charge in [0, 0.05) is 43.7 Å². The van der Waals surface area contributed by atoms with Gasteiger partial charge in [0.1, 0.15) is 5.82 Å². The Morgan fingerprint density at radius 1 is 1.44 bits per heavy atom. The summed E-state index contributed by atoms with van der Waals surface area (Å²) in [6.07, 6.45) is 3.93. The van der Waals surface area contributed by atoms with Crippen LogP contribution in [0.15, 0.2) is 18.5 Å². The second kappa shape index (κ2) is 4.38. The first kappa shape index (κ1) is 10.7. The minimum atomic E-state index is 0.760. The van der Waals surface area contributed by atoms with E-state index in [0.29, 0.717) is 0 Å². The summed E-state index contributed by atoms with van der Waals surface area (Å²) in [6.45, 7) is 5.78. The van der Waals surface area contributed by atoms with Crippen molar-refractivity contribution in [2.75, 3.05) is 5.32 Å². The van der Waals surface area contributed by atoms with Crippen LogP contribution in [0, 0.1) is 6.92 Å². The van der Waals surface area contributed by atoms with Gasteiger partial charge in [-0.2, -0.15) is 10.2 Å². The fraction of sp³-hybridized carbons (Fsp3) is 0.455. The van der Waals surface area contributed by atoms with E-state index in [9.17, 15) is 0 Å². The number of hydrogen-bond acceptors (Lipinski definition) is 3. The highest BCUT2D eigenvalue weighted by molar-refractivity contribution is 5.36. The first-order chi connectivity index (χ1) is 7.69. The number of aromatic nitrogens is 4. The molecule has 5 nitrogen and oxygen atoms in total. The Kier molecular flexibility index (Phi) is 2.94. The summed E-state index contributed by atoms with van der Waals surface area (Å²) in [6, 6.07) is 2.03. The zero-order valence-corrected chi connectivity index (χ0v) is 9.94. The SMILES string of the molecule is CCn1cc(CNc2cc(C)n(C)n2)cn1. The molecule has 0 radical (unpaired) electrons. The molecule has 0 saturated heterocycles. The van der Waals surface area contributed by atoms with Crippen molar-refractivity contribution in [2.24, 2.45) is 7.05 Å². The third-order valence-electron chi connectivity index (χ3n) is 2.60. The van der Waals surface area contributed by atoms with Crippen LogP contribution in [0.5, 0.6) is 0 Å². The highest BCUT2D eigenvalue weighted by Crippen LogP contribution is 2.08. The Morgan fingerprint density at radius 2 is 2.25 bits per heavy atom. The van der Waals surface area contributed by atoms with Crippen molar-refractivity contribution < 1.29 is 0 Å². The van der Waals surface area contributed by atoms with Crippen LogP contribution in [0.4, 0.5) is 5.82 Å². The number of anilines is 1. The molecule has 0 amide bonds. The van der Waals surface area contributed by atoms with Gasteiger partial charge in [0.05, 0.1) is 6.20 Å². The number of aryl methyl sites for hydroxylation is 3. The van der Waals surface area contributed by atoms with E-state index in [-0.39, 0.29) is 0 Å². The quantitative estimate of drug-likeness (QED) is 0.848. The molecule has 0 aliphatic heterocycles. The second-order valence-electron chi connectivity index (χ2n) is 3.85. The molecule has 0 atom stereocenters. The largest absolute Gasteiger partial charge is 0.364 e. The molecule has 0 saturated carbocycles. The summed E-state index contributed by atoms with van der Waals surface area (Å²) in [5.41, 5.74) is 2.32. The van der Waals surface area contributed by atoms with E-state index >= 15 is 0 Å². The van der Waals surface area contributed by atoms with Gasteiger partial charge in [-0.15, -0.1) is 0 Å². The first-order valence-corrected chi connectivity index (χ1v) is 5.45. The van der Waals surface area contributed by atoms with Gasteiger partial charge < -0.3 is 5.32 Å². The Hall–Kier alpha value is -1.78. The van der Waals surface area contributed by atoms with Crippen molar-refractivity contribution in [3.8, 4) is 0 Å². The maximum absolute atomic E-state index is 4.33. The summed E-state index contributed by atoms with van der Waals surface area (Å²) in [7, 11) is 1.94. The molecule has 0 fully saturated rings. The van der Waals surface area contributed by atoms with Crippen molar-refractivity contribution in [3.05, 3.63) is 29.7 Å². The molecular weight excluding hydrogens is 202 g/mol. The molecule has 5 heteroatoms. The molecule has 0 aromatic carbocycles. The van der Waals surface area contributed by atoms with E-state index in [1.807, 2.05) is 41.8 Å². The van der Waals surface area contributed by atoms with Gasteiger partial charge in [-0.25, -0.2) is 0 Å². The molecule has 86 valence electrons. The topological polar surface area (TPSA) is 47.7 Å². The van der Waals surface area contributed by atoms with Crippen LogP contribution in [-0.4, -0.2) is 19.6 Å². The molecule has 2 aromatic rings. The minimum absolute atomic E-state index is 0.760. The maximum Gasteiger partial charge on any atom is 0.148 e. The molecule has 16 heavy (non-hydrogen) atoms. The lowest BCUT2D eigenvalue weighted by atomic mass is 10.3. The molecule has 2 rings (SSSR count). The van der Waals surface area contributed by atoms with Crippen LogP contribution in [0.3, 0.4) is 0 Å². The molecule has 2 aromatic heterocycles. The van der Waals surface area contributed by atoms with Crippen LogP contribution in [-0.2, 0) is 20.1 Å². The lowest BCUT2D eigenvalue weighted by Crippen LogP contribution is -2.00. The number of nitrogens with zero attached hydrogens (tertiary/aromatic N) is 4. The van der Waals surface area contributed by atoms with E-state index in [0.717, 1.165) is 24.6 Å². The highest BCUT2D eigenvalue weighted by Gasteiger charge is 2.01. The molecule has 1 N–H and O–H groups in total. The van der Waals surface area contributed by atoms with Crippen LogP contribution < -0.4 is 5.32 Å². The fourth-order valence-electron chi connectivity index (χ4n) is 1.51. The standard InChI is InChI=1S/C11H17N5/c1-4-16-8-10(7-13-16)6-12-11-5-9(2)15(3)14-11/h5,7-8H,4,6H2,1-3H3,(H,12,14). The van der Waals surface area contributed by atoms with Gasteiger partial charge in [0.15, 0.2) is 0 Å². The van der Waals surface area contributed by atoms with Gasteiger partial charge in [0.2, 0.25) is 0 Å². The molecule has 0 unspecified atom stereocenters. The van der Waals surface area contributed by atoms with Crippen molar-refractivity contribution in [3.63, 3.8) is 0 Å². The number of rotatable bonds is 4. The molecule has 0 spiro atoms. The van der Waals surface area contributed by atoms with E-state index < -0.39 is 0 Å². The Labute approximate surface area is 95.1 Å². The zero-order valence-electron chi connectivity index (χ0n) is 9.94. The van der Waals surface area contributed by atoms with E-state index in [4.69, 9.17) is 0 Å². The van der Waals surface area contributed by atoms with Gasteiger partial charge in [-0.1, -0.05) is 0 Å². The zero-order chi connectivity index (χ0) is 11.5. The van der Waals surface area contributed by atoms with Gasteiger partial charge in [-0.3, -0.25) is 9.36 Å². The Morgan fingerprint density at radius 3 is 2.81 bits per heavy atom. The van der Waals surface area contributed by atoms with Gasteiger partial charge in [-0.05, 0) is 13.8 Å². The Bertz CT molecular complexity index is 449. The smallest absolute Gasteiger partial charge is 0.148 e. The first-order valence-electron chi connectivity index (χ1n) is 5.45. The molecule has 2 heterocycles. The Balaban J connectivity index is 1.96. The second-order valence-corrected chi connectivity index (χ2v) is 3.85. The minimum Gasteiger partial charge on any atom is -0.364 e. The lowest BCUT2D eigenvalue weighted by molar-refractivity contribution is 0.659. The third-order valence-corrected chi connectivity index (χ3v) is 2.60. The van der Waals surface area contributed by atoms with Crippen molar-refractivity contribution >= 4 is 5.82 Å². The monoisotopic (exact) mass is 219 g/mol. The summed E-state index contributed by atoms with van der Waals surface area (Å²) in [5, 5.41) is 11.8. The average Bonchev–Trinajstić information content (AvgIpc) is 2.84. The molecule has 0 aliphatic rings. The molecule has 0 bridgehead atoms. The van der Waals surface area contributed by atoms with E-state index in [2.05, 4.69) is 22.4 Å². The normalized spacial score (nSPS) is 10.7. The predicted molar refractivity (Wildman–Crippen MR) is 63.2 cm³/mol. The third kappa shape index (κ3) is 2.24. The van der Waals surface area contributed by atoms with Crippen LogP contribution in [0.1, 0.15) is 18.2 Å². The number of nitrogens with one attached hydrogen (secondary N) is 1.